The van der Waals surface area contributed by atoms with Gasteiger partial charge in [0.15, 0.2) is 0 Å². The van der Waals surface area contributed by atoms with Gasteiger partial charge in [-0.25, -0.2) is 4.98 Å². The van der Waals surface area contributed by atoms with Gasteiger partial charge in [0, 0.05) is 28.8 Å². The quantitative estimate of drug-likeness (QED) is 0.544. The largest absolute Gasteiger partial charge is 0.494 e. The predicted octanol–water partition coefficient (Wildman–Crippen LogP) is 4.74. The van der Waals surface area contributed by atoms with Crippen LogP contribution in [0.15, 0.2) is 48.7 Å². The van der Waals surface area contributed by atoms with Crippen molar-refractivity contribution in [3.8, 4) is 23.1 Å². The van der Waals surface area contributed by atoms with Crippen LogP contribution in [-0.4, -0.2) is 14.7 Å². The number of para-hydroxylation sites is 1. The molecule has 5 nitrogen and oxygen atoms in total. The Balaban J connectivity index is 1.84. The summed E-state index contributed by atoms with van der Waals surface area (Å²) in [7, 11) is 0. The SMILES string of the molecule is N#Cc1ccccc1-c1cccc2c(N)c3c(O)n(C4CCC4)cc3nc12. The fourth-order valence-electron chi connectivity index (χ4n) is 3.96. The molecule has 3 N–H and O–H groups in total. The number of rotatable bonds is 2. The lowest BCUT2D eigenvalue weighted by molar-refractivity contribution is 0.283. The van der Waals surface area contributed by atoms with E-state index in [9.17, 15) is 10.4 Å². The van der Waals surface area contributed by atoms with Crippen molar-refractivity contribution in [2.45, 2.75) is 25.3 Å². The number of nitrogens with two attached hydrogens (primary N) is 1. The molecule has 4 aromatic rings. The summed E-state index contributed by atoms with van der Waals surface area (Å²) in [4.78, 5) is 4.84. The molecule has 1 aliphatic rings. The standard InChI is InChI=1S/C22H18N4O/c23-11-13-5-1-2-8-15(13)16-9-4-10-17-20(24)19-18(25-21(16)17)12-26(22(19)27)14-6-3-7-14/h1-2,4-5,8-10,12,14,27H,3,6-7,24H2. The highest BCUT2D eigenvalue weighted by molar-refractivity contribution is 6.12. The Kier molecular flexibility index (Phi) is 3.34. The summed E-state index contributed by atoms with van der Waals surface area (Å²) in [6.07, 6.45) is 5.21. The van der Waals surface area contributed by atoms with E-state index in [1.165, 1.54) is 6.42 Å². The van der Waals surface area contributed by atoms with Crippen LogP contribution < -0.4 is 5.73 Å². The minimum Gasteiger partial charge on any atom is -0.494 e. The minimum atomic E-state index is 0.199. The van der Waals surface area contributed by atoms with Crippen molar-refractivity contribution in [1.29, 1.82) is 5.26 Å². The lowest BCUT2D eigenvalue weighted by atomic mass is 9.93. The molecule has 132 valence electrons. The Hall–Kier alpha value is -3.52. The second-order valence-electron chi connectivity index (χ2n) is 7.09. The molecule has 0 spiro atoms. The normalized spacial score (nSPS) is 14.3. The van der Waals surface area contributed by atoms with Gasteiger partial charge in [-0.15, -0.1) is 0 Å². The number of nitrogen functional groups attached to an aromatic ring is 1. The lowest BCUT2D eigenvalue weighted by Gasteiger charge is -2.27. The lowest BCUT2D eigenvalue weighted by Crippen LogP contribution is -2.15. The maximum atomic E-state index is 10.7. The number of benzene rings is 2. The highest BCUT2D eigenvalue weighted by Crippen LogP contribution is 2.43. The molecule has 0 bridgehead atoms. The number of nitriles is 1. The van der Waals surface area contributed by atoms with Crippen LogP contribution in [0, 0.1) is 11.3 Å². The second-order valence-corrected chi connectivity index (χ2v) is 7.09. The Bertz CT molecular complexity index is 1240. The molecule has 2 aromatic carbocycles. The predicted molar refractivity (Wildman–Crippen MR) is 106 cm³/mol. The van der Waals surface area contributed by atoms with Crippen LogP contribution in [0.4, 0.5) is 5.69 Å². The molecular formula is C22H18N4O. The molecule has 5 rings (SSSR count). The second kappa shape index (κ2) is 5.75. The molecule has 0 saturated heterocycles. The van der Waals surface area contributed by atoms with Crippen LogP contribution in [0.2, 0.25) is 0 Å². The van der Waals surface area contributed by atoms with E-state index < -0.39 is 0 Å². The molecule has 2 heterocycles. The topological polar surface area (TPSA) is 87.9 Å². The zero-order chi connectivity index (χ0) is 18.5. The van der Waals surface area contributed by atoms with Crippen LogP contribution in [0.5, 0.6) is 5.88 Å². The average Bonchev–Trinajstić information content (AvgIpc) is 2.96. The number of aromatic nitrogens is 2. The number of nitrogens with zero attached hydrogens (tertiary/aromatic N) is 3. The zero-order valence-corrected chi connectivity index (χ0v) is 14.7. The molecule has 1 fully saturated rings. The van der Waals surface area contributed by atoms with Gasteiger partial charge in [-0.3, -0.25) is 0 Å². The third-order valence-electron chi connectivity index (χ3n) is 5.62. The first kappa shape index (κ1) is 15.7. The van der Waals surface area contributed by atoms with Gasteiger partial charge in [0.25, 0.3) is 0 Å². The van der Waals surface area contributed by atoms with Crippen LogP contribution >= 0.6 is 0 Å². The van der Waals surface area contributed by atoms with Gasteiger partial charge in [0.05, 0.1) is 33.7 Å². The molecule has 2 aromatic heterocycles. The summed E-state index contributed by atoms with van der Waals surface area (Å²) < 4.78 is 1.90. The molecular weight excluding hydrogens is 336 g/mol. The summed E-state index contributed by atoms with van der Waals surface area (Å²) in [5.41, 5.74) is 10.7. The van der Waals surface area contributed by atoms with Gasteiger partial charge in [-0.05, 0) is 25.3 Å². The van der Waals surface area contributed by atoms with E-state index in [1.807, 2.05) is 47.2 Å². The molecule has 0 atom stereocenters. The summed E-state index contributed by atoms with van der Waals surface area (Å²) >= 11 is 0. The first-order chi connectivity index (χ1) is 13.2. The third kappa shape index (κ3) is 2.20. The van der Waals surface area contributed by atoms with E-state index in [-0.39, 0.29) is 5.88 Å². The van der Waals surface area contributed by atoms with Gasteiger partial charge in [0.1, 0.15) is 0 Å². The van der Waals surface area contributed by atoms with E-state index in [4.69, 9.17) is 10.7 Å². The monoisotopic (exact) mass is 354 g/mol. The Labute approximate surface area is 156 Å². The first-order valence-corrected chi connectivity index (χ1v) is 9.10. The first-order valence-electron chi connectivity index (χ1n) is 9.10. The summed E-state index contributed by atoms with van der Waals surface area (Å²) in [5, 5.41) is 21.6. The molecule has 0 aliphatic heterocycles. The smallest absolute Gasteiger partial charge is 0.203 e. The Morgan fingerprint density at radius 1 is 1.11 bits per heavy atom. The van der Waals surface area contributed by atoms with E-state index in [0.29, 0.717) is 28.2 Å². The fraction of sp³-hybridized carbons (Fsp3) is 0.182. The van der Waals surface area contributed by atoms with Gasteiger partial charge < -0.3 is 15.4 Å². The van der Waals surface area contributed by atoms with Crippen molar-refractivity contribution >= 4 is 27.5 Å². The summed E-state index contributed by atoms with van der Waals surface area (Å²) in [6, 6.07) is 15.8. The molecule has 27 heavy (non-hydrogen) atoms. The third-order valence-corrected chi connectivity index (χ3v) is 5.62. The van der Waals surface area contributed by atoms with Crippen molar-refractivity contribution in [3.05, 3.63) is 54.2 Å². The molecule has 0 amide bonds. The van der Waals surface area contributed by atoms with Gasteiger partial charge in [-0.2, -0.15) is 5.26 Å². The number of anilines is 1. The molecule has 0 radical (unpaired) electrons. The minimum absolute atomic E-state index is 0.199. The highest BCUT2D eigenvalue weighted by Gasteiger charge is 2.25. The van der Waals surface area contributed by atoms with Crippen LogP contribution in [0.25, 0.3) is 32.9 Å². The number of pyridine rings is 1. The Morgan fingerprint density at radius 2 is 1.89 bits per heavy atom. The highest BCUT2D eigenvalue weighted by atomic mass is 16.3. The molecule has 5 heteroatoms. The van der Waals surface area contributed by atoms with Crippen molar-refractivity contribution in [1.82, 2.24) is 9.55 Å². The summed E-state index contributed by atoms with van der Waals surface area (Å²) in [6.45, 7) is 0. The van der Waals surface area contributed by atoms with Crippen molar-refractivity contribution in [3.63, 3.8) is 0 Å². The van der Waals surface area contributed by atoms with Gasteiger partial charge >= 0.3 is 0 Å². The molecule has 1 aliphatic carbocycles. The van der Waals surface area contributed by atoms with E-state index in [0.717, 1.165) is 34.9 Å². The van der Waals surface area contributed by atoms with Crippen molar-refractivity contribution in [2.24, 2.45) is 0 Å². The molecule has 0 unspecified atom stereocenters. The van der Waals surface area contributed by atoms with Crippen LogP contribution in [0.3, 0.4) is 0 Å². The van der Waals surface area contributed by atoms with Crippen LogP contribution in [-0.2, 0) is 0 Å². The fourth-order valence-corrected chi connectivity index (χ4v) is 3.96. The van der Waals surface area contributed by atoms with Crippen molar-refractivity contribution < 1.29 is 5.11 Å². The van der Waals surface area contributed by atoms with E-state index in [1.54, 1.807) is 6.07 Å². The maximum Gasteiger partial charge on any atom is 0.203 e. The zero-order valence-electron chi connectivity index (χ0n) is 14.7. The van der Waals surface area contributed by atoms with E-state index in [2.05, 4.69) is 6.07 Å². The number of hydrogen-bond donors (Lipinski definition) is 2. The van der Waals surface area contributed by atoms with Gasteiger partial charge in [-0.1, -0.05) is 36.4 Å². The van der Waals surface area contributed by atoms with Crippen molar-refractivity contribution in [2.75, 3.05) is 5.73 Å². The summed E-state index contributed by atoms with van der Waals surface area (Å²) in [5.74, 6) is 0.199. The molecule has 1 saturated carbocycles. The Morgan fingerprint density at radius 3 is 2.63 bits per heavy atom. The average molecular weight is 354 g/mol. The van der Waals surface area contributed by atoms with Gasteiger partial charge in [0.2, 0.25) is 5.88 Å². The number of fused-ring (bicyclic) bond motifs is 2. The van der Waals surface area contributed by atoms with Crippen LogP contribution in [0.1, 0.15) is 30.9 Å². The maximum absolute atomic E-state index is 10.7. The number of hydrogen-bond acceptors (Lipinski definition) is 4. The van der Waals surface area contributed by atoms with E-state index >= 15 is 0 Å². The number of aromatic hydroxyl groups is 1.